The molecule has 2 aromatic rings. The Kier molecular flexibility index (Phi) is 5.80. The maximum atomic E-state index is 12.0. The van der Waals surface area contributed by atoms with Crippen molar-refractivity contribution in [1.29, 1.82) is 0 Å². The topological polar surface area (TPSA) is 41.1 Å². The van der Waals surface area contributed by atoms with E-state index in [-0.39, 0.29) is 11.0 Å². The average Bonchev–Trinajstić information content (AvgIpc) is 2.42. The van der Waals surface area contributed by atoms with Gasteiger partial charge in [-0.1, -0.05) is 29.3 Å². The van der Waals surface area contributed by atoms with Crippen molar-refractivity contribution in [1.82, 2.24) is 5.32 Å². The van der Waals surface area contributed by atoms with Crippen LogP contribution in [0.5, 0.6) is 0 Å². The predicted molar refractivity (Wildman–Crippen MR) is 99.3 cm³/mol. The predicted octanol–water partition coefficient (Wildman–Crippen LogP) is 4.72. The minimum Gasteiger partial charge on any atom is -0.331 e. The van der Waals surface area contributed by atoms with Gasteiger partial charge in [0.2, 0.25) is 0 Å². The molecule has 0 bridgehead atoms. The van der Waals surface area contributed by atoms with Gasteiger partial charge in [0, 0.05) is 14.2 Å². The van der Waals surface area contributed by atoms with Gasteiger partial charge in [-0.05, 0) is 71.2 Å². The maximum absolute atomic E-state index is 12.0. The summed E-state index contributed by atoms with van der Waals surface area (Å²) in [6.07, 6.45) is 0. The lowest BCUT2D eigenvalue weighted by molar-refractivity contribution is 0.0977. The third kappa shape index (κ3) is 4.81. The molecular formula is C14H9Cl2IN2OS. The van der Waals surface area contributed by atoms with Gasteiger partial charge < -0.3 is 5.32 Å². The van der Waals surface area contributed by atoms with Crippen molar-refractivity contribution in [2.75, 3.05) is 5.32 Å². The second-order valence-corrected chi connectivity index (χ2v) is 6.54. The van der Waals surface area contributed by atoms with Crippen LogP contribution >= 0.6 is 58.0 Å². The van der Waals surface area contributed by atoms with Crippen molar-refractivity contribution in [2.24, 2.45) is 0 Å². The number of halogens is 3. The molecule has 3 nitrogen and oxygen atoms in total. The van der Waals surface area contributed by atoms with Crippen LogP contribution in [0.4, 0.5) is 5.69 Å². The third-order valence-corrected chi connectivity index (χ3v) is 3.92. The molecule has 2 rings (SSSR count). The van der Waals surface area contributed by atoms with Crippen LogP contribution in [-0.2, 0) is 0 Å². The number of thiocarbonyl (C=S) groups is 1. The maximum Gasteiger partial charge on any atom is 0.257 e. The number of nitrogens with one attached hydrogen (secondary N) is 2. The molecule has 1 amide bonds. The van der Waals surface area contributed by atoms with E-state index in [1.165, 1.54) is 0 Å². The molecule has 0 aliphatic heterocycles. The SMILES string of the molecule is O=C(NC(=S)Nc1ccc(Cl)cc1Cl)c1cccc(I)c1. The van der Waals surface area contributed by atoms with Gasteiger partial charge in [-0.2, -0.15) is 0 Å². The lowest BCUT2D eigenvalue weighted by atomic mass is 10.2. The van der Waals surface area contributed by atoms with Crippen molar-refractivity contribution in [3.8, 4) is 0 Å². The second kappa shape index (κ2) is 7.40. The number of carbonyl (C=O) groups is 1. The van der Waals surface area contributed by atoms with Gasteiger partial charge in [-0.15, -0.1) is 0 Å². The van der Waals surface area contributed by atoms with Crippen molar-refractivity contribution in [3.05, 3.63) is 61.6 Å². The highest BCUT2D eigenvalue weighted by Crippen LogP contribution is 2.25. The fourth-order valence-electron chi connectivity index (χ4n) is 1.55. The molecule has 2 N–H and O–H groups in total. The van der Waals surface area contributed by atoms with Crippen LogP contribution in [0.15, 0.2) is 42.5 Å². The molecule has 0 aliphatic rings. The summed E-state index contributed by atoms with van der Waals surface area (Å²) in [7, 11) is 0. The van der Waals surface area contributed by atoms with Crippen LogP contribution in [0, 0.1) is 3.57 Å². The smallest absolute Gasteiger partial charge is 0.257 e. The van der Waals surface area contributed by atoms with E-state index in [4.69, 9.17) is 35.4 Å². The number of amides is 1. The van der Waals surface area contributed by atoms with E-state index in [1.54, 1.807) is 30.3 Å². The summed E-state index contributed by atoms with van der Waals surface area (Å²) >= 11 is 19.1. The van der Waals surface area contributed by atoms with Crippen molar-refractivity contribution in [2.45, 2.75) is 0 Å². The molecule has 7 heteroatoms. The normalized spacial score (nSPS) is 10.0. The highest BCUT2D eigenvalue weighted by Gasteiger charge is 2.09. The first-order valence-electron chi connectivity index (χ1n) is 5.78. The molecule has 2 aromatic carbocycles. The molecule has 0 radical (unpaired) electrons. The van der Waals surface area contributed by atoms with Gasteiger partial charge in [0.25, 0.3) is 5.91 Å². The van der Waals surface area contributed by atoms with Gasteiger partial charge in [0.05, 0.1) is 10.7 Å². The van der Waals surface area contributed by atoms with E-state index in [0.29, 0.717) is 21.3 Å². The molecule has 108 valence electrons. The molecule has 0 fully saturated rings. The van der Waals surface area contributed by atoms with Crippen LogP contribution in [0.3, 0.4) is 0 Å². The number of rotatable bonds is 2. The summed E-state index contributed by atoms with van der Waals surface area (Å²) in [5, 5.41) is 6.58. The highest BCUT2D eigenvalue weighted by molar-refractivity contribution is 14.1. The Morgan fingerprint density at radius 3 is 2.57 bits per heavy atom. The molecule has 0 saturated heterocycles. The van der Waals surface area contributed by atoms with Gasteiger partial charge in [0.1, 0.15) is 0 Å². The standard InChI is InChI=1S/C14H9Cl2IN2OS/c15-9-4-5-12(11(16)7-9)18-14(21)19-13(20)8-2-1-3-10(17)6-8/h1-7H,(H2,18,19,20,21). The molecule has 21 heavy (non-hydrogen) atoms. The average molecular weight is 451 g/mol. The van der Waals surface area contributed by atoms with Crippen molar-refractivity contribution < 1.29 is 4.79 Å². The fraction of sp³-hybridized carbons (Fsp3) is 0. The molecule has 0 heterocycles. The summed E-state index contributed by atoms with van der Waals surface area (Å²) in [4.78, 5) is 12.0. The Hall–Kier alpha value is -0.890. The molecule has 0 unspecified atom stereocenters. The largest absolute Gasteiger partial charge is 0.331 e. The van der Waals surface area contributed by atoms with Crippen LogP contribution in [0.25, 0.3) is 0 Å². The first kappa shape index (κ1) is 16.5. The van der Waals surface area contributed by atoms with E-state index in [0.717, 1.165) is 3.57 Å². The zero-order valence-electron chi connectivity index (χ0n) is 10.5. The van der Waals surface area contributed by atoms with Gasteiger partial charge in [-0.3, -0.25) is 10.1 Å². The number of carbonyl (C=O) groups excluding carboxylic acids is 1. The molecule has 0 atom stereocenters. The Labute approximate surface area is 151 Å². The van der Waals surface area contributed by atoms with Crippen LogP contribution in [0.1, 0.15) is 10.4 Å². The Balaban J connectivity index is 2.03. The summed E-state index contributed by atoms with van der Waals surface area (Å²) in [6, 6.07) is 12.2. The lowest BCUT2D eigenvalue weighted by Crippen LogP contribution is -2.34. The quantitative estimate of drug-likeness (QED) is 0.513. The summed E-state index contributed by atoms with van der Waals surface area (Å²) in [5.41, 5.74) is 1.11. The van der Waals surface area contributed by atoms with Crippen LogP contribution in [0.2, 0.25) is 10.0 Å². The minimum atomic E-state index is -0.281. The van der Waals surface area contributed by atoms with E-state index < -0.39 is 0 Å². The monoisotopic (exact) mass is 450 g/mol. The zero-order valence-corrected chi connectivity index (χ0v) is 15.0. The molecule has 0 aliphatic carbocycles. The van der Waals surface area contributed by atoms with Gasteiger partial charge in [0.15, 0.2) is 5.11 Å². The highest BCUT2D eigenvalue weighted by atomic mass is 127. The summed E-state index contributed by atoms with van der Waals surface area (Å²) in [6.45, 7) is 0. The van der Waals surface area contributed by atoms with Gasteiger partial charge >= 0.3 is 0 Å². The molecule has 0 saturated carbocycles. The van der Waals surface area contributed by atoms with Crippen LogP contribution in [-0.4, -0.2) is 11.0 Å². The molecular weight excluding hydrogens is 442 g/mol. The Morgan fingerprint density at radius 2 is 1.90 bits per heavy atom. The van der Waals surface area contributed by atoms with E-state index in [9.17, 15) is 4.79 Å². The number of hydrogen-bond acceptors (Lipinski definition) is 2. The minimum absolute atomic E-state index is 0.170. The molecule has 0 spiro atoms. The third-order valence-electron chi connectivity index (χ3n) is 2.49. The van der Waals surface area contributed by atoms with Gasteiger partial charge in [-0.25, -0.2) is 0 Å². The lowest BCUT2D eigenvalue weighted by Gasteiger charge is -2.11. The Bertz CT molecular complexity index is 709. The number of anilines is 1. The van der Waals surface area contributed by atoms with E-state index in [1.807, 2.05) is 12.1 Å². The van der Waals surface area contributed by atoms with E-state index >= 15 is 0 Å². The molecule has 0 aromatic heterocycles. The fourth-order valence-corrected chi connectivity index (χ4v) is 2.75. The zero-order chi connectivity index (χ0) is 15.4. The van der Waals surface area contributed by atoms with Crippen molar-refractivity contribution in [3.63, 3.8) is 0 Å². The number of hydrogen-bond donors (Lipinski definition) is 2. The Morgan fingerprint density at radius 1 is 1.14 bits per heavy atom. The number of benzene rings is 2. The summed E-state index contributed by atoms with van der Waals surface area (Å²) < 4.78 is 0.972. The van der Waals surface area contributed by atoms with E-state index in [2.05, 4.69) is 33.2 Å². The van der Waals surface area contributed by atoms with Crippen LogP contribution < -0.4 is 10.6 Å². The first-order chi connectivity index (χ1) is 9.95. The van der Waals surface area contributed by atoms with Crippen molar-refractivity contribution >= 4 is 74.7 Å². The second-order valence-electron chi connectivity index (χ2n) is 4.04. The summed E-state index contributed by atoms with van der Waals surface area (Å²) in [5.74, 6) is -0.281. The first-order valence-corrected chi connectivity index (χ1v) is 8.03.